The molecule has 0 saturated heterocycles. The number of nitrogens with one attached hydrogen (secondary N) is 1. The molecule has 0 aliphatic heterocycles. The molecule has 0 aliphatic carbocycles. The summed E-state index contributed by atoms with van der Waals surface area (Å²) in [5.41, 5.74) is 0. The number of aliphatic hydroxyl groups is 3. The first-order valence-corrected chi connectivity index (χ1v) is 16.5. The Morgan fingerprint density at radius 3 is 1.47 bits per heavy atom. The molecule has 4 N–H and O–H groups in total. The van der Waals surface area contributed by atoms with E-state index in [1.165, 1.54) is 103 Å². The van der Waals surface area contributed by atoms with Crippen LogP contribution in [0.15, 0.2) is 12.2 Å². The van der Waals surface area contributed by atoms with Gasteiger partial charge in [0, 0.05) is 0 Å². The summed E-state index contributed by atoms with van der Waals surface area (Å²) in [6, 6.07) is -0.713. The Balaban J connectivity index is 3.77. The summed E-state index contributed by atoms with van der Waals surface area (Å²) in [5, 5.41) is 32.9. The number of aliphatic hydroxyl groups excluding tert-OH is 3. The van der Waals surface area contributed by atoms with Crippen molar-refractivity contribution in [1.82, 2.24) is 5.32 Å². The van der Waals surface area contributed by atoms with Crippen LogP contribution in [0.1, 0.15) is 168 Å². The zero-order chi connectivity index (χ0) is 28.1. The molecule has 0 fully saturated rings. The lowest BCUT2D eigenvalue weighted by Crippen LogP contribution is -2.49. The molecule has 0 aromatic rings. The lowest BCUT2D eigenvalue weighted by molar-refractivity contribution is -0.131. The zero-order valence-electron chi connectivity index (χ0n) is 25.3. The molecular weight excluding hydrogens is 474 g/mol. The number of hydrogen-bond acceptors (Lipinski definition) is 4. The van der Waals surface area contributed by atoms with E-state index in [1.54, 1.807) is 0 Å². The van der Waals surface area contributed by atoms with Crippen LogP contribution in [0.2, 0.25) is 0 Å². The van der Waals surface area contributed by atoms with Gasteiger partial charge >= 0.3 is 0 Å². The Morgan fingerprint density at radius 1 is 0.605 bits per heavy atom. The topological polar surface area (TPSA) is 89.8 Å². The van der Waals surface area contributed by atoms with Crippen LogP contribution in [-0.4, -0.2) is 46.1 Å². The van der Waals surface area contributed by atoms with E-state index < -0.39 is 24.2 Å². The van der Waals surface area contributed by atoms with Crippen molar-refractivity contribution in [2.75, 3.05) is 6.61 Å². The first-order chi connectivity index (χ1) is 18.6. The van der Waals surface area contributed by atoms with Crippen LogP contribution in [-0.2, 0) is 4.79 Å². The van der Waals surface area contributed by atoms with Crippen LogP contribution in [0, 0.1) is 0 Å². The summed E-state index contributed by atoms with van der Waals surface area (Å²) in [7, 11) is 0. The molecule has 0 spiro atoms. The third-order valence-electron chi connectivity index (χ3n) is 7.63. The van der Waals surface area contributed by atoms with E-state index in [-0.39, 0.29) is 6.61 Å². The Hall–Kier alpha value is -0.910. The summed E-state index contributed by atoms with van der Waals surface area (Å²) in [6.45, 7) is 4.18. The Labute approximate surface area is 236 Å². The maximum Gasteiger partial charge on any atom is 0.249 e. The normalized spacial score (nSPS) is 14.1. The van der Waals surface area contributed by atoms with Crippen molar-refractivity contribution in [2.45, 2.75) is 186 Å². The van der Waals surface area contributed by atoms with Gasteiger partial charge in [-0.25, -0.2) is 0 Å². The van der Waals surface area contributed by atoms with Gasteiger partial charge in [-0.3, -0.25) is 4.79 Å². The highest BCUT2D eigenvalue weighted by Crippen LogP contribution is 2.14. The molecule has 5 nitrogen and oxygen atoms in total. The Kier molecular flexibility index (Phi) is 28.4. The molecule has 0 radical (unpaired) electrons. The van der Waals surface area contributed by atoms with Gasteiger partial charge in [0.25, 0.3) is 0 Å². The van der Waals surface area contributed by atoms with Crippen molar-refractivity contribution < 1.29 is 20.1 Å². The minimum atomic E-state index is -1.09. The molecule has 0 bridgehead atoms. The average Bonchev–Trinajstić information content (AvgIpc) is 2.92. The molecule has 0 heterocycles. The fraction of sp³-hybridized carbons (Fsp3) is 0.909. The van der Waals surface area contributed by atoms with Crippen molar-refractivity contribution >= 4 is 5.91 Å². The highest BCUT2D eigenvalue weighted by atomic mass is 16.3. The van der Waals surface area contributed by atoms with Gasteiger partial charge in [-0.1, -0.05) is 142 Å². The van der Waals surface area contributed by atoms with E-state index in [0.717, 1.165) is 38.5 Å². The van der Waals surface area contributed by atoms with Crippen molar-refractivity contribution in [2.24, 2.45) is 0 Å². The standard InChI is InChI=1S/C33H65NO4/c1-3-5-7-9-11-13-15-17-19-21-23-25-27-31(36)30(29-35)34-33(38)32(37)28-26-24-22-20-18-16-14-12-10-8-6-4-2/h18,20,30-32,35-37H,3-17,19,21-29H2,1-2H3,(H,34,38)/b20-18-. The largest absolute Gasteiger partial charge is 0.394 e. The number of carbonyl (C=O) groups excluding carboxylic acids is 1. The molecule has 0 saturated carbocycles. The summed E-state index contributed by atoms with van der Waals surface area (Å²) in [4.78, 5) is 12.3. The molecule has 0 aromatic carbocycles. The van der Waals surface area contributed by atoms with Gasteiger partial charge in [0.2, 0.25) is 5.91 Å². The van der Waals surface area contributed by atoms with E-state index in [0.29, 0.717) is 12.8 Å². The van der Waals surface area contributed by atoms with Crippen molar-refractivity contribution in [1.29, 1.82) is 0 Å². The van der Waals surface area contributed by atoms with Crippen molar-refractivity contribution in [3.63, 3.8) is 0 Å². The molecule has 0 aliphatic rings. The summed E-state index contributed by atoms with van der Waals surface area (Å²) in [5.74, 6) is -0.489. The van der Waals surface area contributed by atoms with Crippen LogP contribution in [0.4, 0.5) is 0 Å². The Bertz CT molecular complexity index is 525. The highest BCUT2D eigenvalue weighted by Gasteiger charge is 2.23. The van der Waals surface area contributed by atoms with Gasteiger partial charge in [-0.2, -0.15) is 0 Å². The molecule has 3 atom stereocenters. The smallest absolute Gasteiger partial charge is 0.249 e. The van der Waals surface area contributed by atoms with Crippen LogP contribution in [0.5, 0.6) is 0 Å². The van der Waals surface area contributed by atoms with Gasteiger partial charge in [0.05, 0.1) is 18.8 Å². The van der Waals surface area contributed by atoms with Crippen LogP contribution < -0.4 is 5.32 Å². The SMILES string of the molecule is CCCCCCCC/C=C\CCCCC(O)C(=O)NC(CO)C(O)CCCCCCCCCCCCCC. The molecule has 226 valence electrons. The van der Waals surface area contributed by atoms with Crippen LogP contribution in [0.3, 0.4) is 0 Å². The van der Waals surface area contributed by atoms with E-state index in [1.807, 2.05) is 0 Å². The van der Waals surface area contributed by atoms with Gasteiger partial charge in [0.15, 0.2) is 0 Å². The summed E-state index contributed by atoms with van der Waals surface area (Å²) < 4.78 is 0. The van der Waals surface area contributed by atoms with Crippen LogP contribution >= 0.6 is 0 Å². The third-order valence-corrected chi connectivity index (χ3v) is 7.63. The molecule has 0 rings (SSSR count). The maximum absolute atomic E-state index is 12.3. The number of hydrogen-bond donors (Lipinski definition) is 4. The fourth-order valence-electron chi connectivity index (χ4n) is 4.95. The number of amides is 1. The monoisotopic (exact) mass is 539 g/mol. The number of rotatable bonds is 29. The number of unbranched alkanes of at least 4 members (excludes halogenated alkanes) is 19. The first kappa shape index (κ1) is 37.1. The van der Waals surface area contributed by atoms with Crippen molar-refractivity contribution in [3.05, 3.63) is 12.2 Å². The lowest BCUT2D eigenvalue weighted by Gasteiger charge is -2.23. The van der Waals surface area contributed by atoms with Crippen LogP contribution in [0.25, 0.3) is 0 Å². The molecular formula is C33H65NO4. The van der Waals surface area contributed by atoms with E-state index in [2.05, 4.69) is 31.3 Å². The van der Waals surface area contributed by atoms with Gasteiger partial charge in [0.1, 0.15) is 6.10 Å². The molecule has 1 amide bonds. The van der Waals surface area contributed by atoms with Gasteiger partial charge in [-0.05, 0) is 38.5 Å². The zero-order valence-corrected chi connectivity index (χ0v) is 25.3. The fourth-order valence-corrected chi connectivity index (χ4v) is 4.95. The second-order valence-electron chi connectivity index (χ2n) is 11.4. The van der Waals surface area contributed by atoms with Crippen molar-refractivity contribution in [3.8, 4) is 0 Å². The minimum absolute atomic E-state index is 0.318. The lowest BCUT2D eigenvalue weighted by atomic mass is 10.0. The van der Waals surface area contributed by atoms with E-state index in [4.69, 9.17) is 0 Å². The average molecular weight is 540 g/mol. The van der Waals surface area contributed by atoms with E-state index in [9.17, 15) is 20.1 Å². The van der Waals surface area contributed by atoms with Gasteiger partial charge < -0.3 is 20.6 Å². The quantitative estimate of drug-likeness (QED) is 0.0570. The number of carbonyl (C=O) groups is 1. The second-order valence-corrected chi connectivity index (χ2v) is 11.4. The maximum atomic E-state index is 12.3. The second kappa shape index (κ2) is 29.1. The van der Waals surface area contributed by atoms with Gasteiger partial charge in [-0.15, -0.1) is 0 Å². The highest BCUT2D eigenvalue weighted by molar-refractivity contribution is 5.80. The third kappa shape index (κ3) is 24.2. The predicted molar refractivity (Wildman–Crippen MR) is 162 cm³/mol. The van der Waals surface area contributed by atoms with E-state index >= 15 is 0 Å². The molecule has 38 heavy (non-hydrogen) atoms. The summed E-state index contributed by atoms with van der Waals surface area (Å²) >= 11 is 0. The summed E-state index contributed by atoms with van der Waals surface area (Å²) in [6.07, 6.45) is 30.4. The number of allylic oxidation sites excluding steroid dienone is 2. The molecule has 3 unspecified atom stereocenters. The molecule has 5 heteroatoms. The Morgan fingerprint density at radius 2 is 1.00 bits per heavy atom. The molecule has 0 aromatic heterocycles. The predicted octanol–water partition coefficient (Wildman–Crippen LogP) is 8.14. The first-order valence-electron chi connectivity index (χ1n) is 16.5. The minimum Gasteiger partial charge on any atom is -0.394 e.